The summed E-state index contributed by atoms with van der Waals surface area (Å²) in [6, 6.07) is 8.17. The Labute approximate surface area is 109 Å². The molecule has 1 aliphatic rings. The second-order valence-electron chi connectivity index (χ2n) is 5.29. The first-order valence-corrected chi connectivity index (χ1v) is 6.70. The Bertz CT molecular complexity index is 355. The highest BCUT2D eigenvalue weighted by Gasteiger charge is 2.18. The van der Waals surface area contributed by atoms with Gasteiger partial charge in [-0.05, 0) is 42.9 Å². The molecule has 1 heterocycles. The first kappa shape index (κ1) is 13.4. The third-order valence-corrected chi connectivity index (χ3v) is 3.69. The second kappa shape index (κ2) is 6.21. The highest BCUT2D eigenvalue weighted by Crippen LogP contribution is 2.28. The number of nitrogens with zero attached hydrogens (tertiary/aromatic N) is 1. The van der Waals surface area contributed by atoms with Gasteiger partial charge >= 0.3 is 0 Å². The average molecular weight is 249 g/mol. The Hall–Kier alpha value is -1.06. The molecule has 1 aromatic rings. The quantitative estimate of drug-likeness (QED) is 0.890. The molecule has 2 rings (SSSR count). The summed E-state index contributed by atoms with van der Waals surface area (Å²) in [5, 5.41) is 10.2. The molecule has 0 saturated carbocycles. The zero-order chi connectivity index (χ0) is 13.0. The monoisotopic (exact) mass is 249 g/mol. The number of anilines is 1. The van der Waals surface area contributed by atoms with Gasteiger partial charge in [0.25, 0.3) is 0 Å². The van der Waals surface area contributed by atoms with Crippen LogP contribution in [0, 0.1) is 5.92 Å². The molecule has 1 fully saturated rings. The summed E-state index contributed by atoms with van der Waals surface area (Å²) in [5.41, 5.74) is 2.18. The lowest BCUT2D eigenvalue weighted by Gasteiger charge is -2.24. The van der Waals surface area contributed by atoms with Gasteiger partial charge in [-0.2, -0.15) is 0 Å². The number of aliphatic hydroxyl groups excluding tert-OH is 1. The Morgan fingerprint density at radius 1 is 1.22 bits per heavy atom. The molecule has 0 spiro atoms. The summed E-state index contributed by atoms with van der Waals surface area (Å²) in [5.74, 6) is 0.599. The zero-order valence-corrected chi connectivity index (χ0v) is 11.3. The van der Waals surface area contributed by atoms with Gasteiger partial charge in [-0.3, -0.25) is 0 Å². The van der Waals surface area contributed by atoms with Crippen LogP contribution < -0.4 is 4.90 Å². The molecule has 100 valence electrons. The Balaban J connectivity index is 1.93. The van der Waals surface area contributed by atoms with Crippen LogP contribution in [0.1, 0.15) is 30.9 Å². The Morgan fingerprint density at radius 2 is 1.83 bits per heavy atom. The zero-order valence-electron chi connectivity index (χ0n) is 11.3. The van der Waals surface area contributed by atoms with E-state index < -0.39 is 0 Å². The number of benzene rings is 1. The van der Waals surface area contributed by atoms with Gasteiger partial charge < -0.3 is 14.7 Å². The predicted octanol–water partition coefficient (Wildman–Crippen LogP) is 2.60. The molecule has 1 aromatic carbocycles. The molecule has 1 unspecified atom stereocenters. The van der Waals surface area contributed by atoms with Gasteiger partial charge in [-0.1, -0.05) is 12.1 Å². The van der Waals surface area contributed by atoms with Gasteiger partial charge in [0.1, 0.15) is 0 Å². The van der Waals surface area contributed by atoms with E-state index in [2.05, 4.69) is 17.0 Å². The van der Waals surface area contributed by atoms with E-state index in [1.807, 2.05) is 26.2 Å². The van der Waals surface area contributed by atoms with Crippen LogP contribution in [0.15, 0.2) is 24.3 Å². The topological polar surface area (TPSA) is 32.7 Å². The van der Waals surface area contributed by atoms with Crippen LogP contribution in [-0.4, -0.2) is 32.4 Å². The molecule has 1 aliphatic heterocycles. The van der Waals surface area contributed by atoms with Crippen LogP contribution in [0.4, 0.5) is 5.69 Å². The first-order valence-electron chi connectivity index (χ1n) is 6.70. The third-order valence-electron chi connectivity index (χ3n) is 3.69. The molecule has 1 saturated heterocycles. The van der Waals surface area contributed by atoms with Crippen LogP contribution in [-0.2, 0) is 4.74 Å². The molecule has 1 atom stereocenters. The largest absolute Gasteiger partial charge is 0.388 e. The Kier molecular flexibility index (Phi) is 4.61. The van der Waals surface area contributed by atoms with Crippen molar-refractivity contribution >= 4 is 5.69 Å². The molecule has 0 amide bonds. The summed E-state index contributed by atoms with van der Waals surface area (Å²) in [7, 11) is 4.04. The minimum atomic E-state index is -0.343. The Morgan fingerprint density at radius 3 is 2.39 bits per heavy atom. The minimum Gasteiger partial charge on any atom is -0.388 e. The number of hydrogen-bond donors (Lipinski definition) is 1. The maximum Gasteiger partial charge on any atom is 0.0792 e. The maximum atomic E-state index is 10.2. The van der Waals surface area contributed by atoms with Crippen molar-refractivity contribution in [2.24, 2.45) is 5.92 Å². The lowest BCUT2D eigenvalue weighted by molar-refractivity contribution is 0.0435. The molecule has 0 aliphatic carbocycles. The van der Waals surface area contributed by atoms with E-state index in [0.29, 0.717) is 5.92 Å². The van der Waals surface area contributed by atoms with Gasteiger partial charge in [0.05, 0.1) is 6.10 Å². The van der Waals surface area contributed by atoms with Crippen molar-refractivity contribution in [1.29, 1.82) is 0 Å². The third kappa shape index (κ3) is 3.47. The number of ether oxygens (including phenoxy) is 1. The molecule has 18 heavy (non-hydrogen) atoms. The van der Waals surface area contributed by atoms with Crippen molar-refractivity contribution in [3.8, 4) is 0 Å². The van der Waals surface area contributed by atoms with Crippen LogP contribution in [0.25, 0.3) is 0 Å². The molecule has 0 aromatic heterocycles. The van der Waals surface area contributed by atoms with Crippen molar-refractivity contribution in [3.63, 3.8) is 0 Å². The predicted molar refractivity (Wildman–Crippen MR) is 73.9 cm³/mol. The number of rotatable bonds is 4. The number of hydrogen-bond acceptors (Lipinski definition) is 3. The standard InChI is InChI=1S/C15H23NO2/c1-16(2)14-5-3-13(4-6-14)15(17)11-12-7-9-18-10-8-12/h3-6,12,15,17H,7-11H2,1-2H3. The summed E-state index contributed by atoms with van der Waals surface area (Å²) < 4.78 is 5.34. The van der Waals surface area contributed by atoms with Crippen molar-refractivity contribution in [2.45, 2.75) is 25.4 Å². The lowest BCUT2D eigenvalue weighted by Crippen LogP contribution is -2.18. The van der Waals surface area contributed by atoms with Gasteiger partial charge in [0.15, 0.2) is 0 Å². The van der Waals surface area contributed by atoms with E-state index >= 15 is 0 Å². The van der Waals surface area contributed by atoms with Crippen LogP contribution in [0.3, 0.4) is 0 Å². The van der Waals surface area contributed by atoms with Crippen molar-refractivity contribution in [3.05, 3.63) is 29.8 Å². The van der Waals surface area contributed by atoms with Crippen molar-refractivity contribution < 1.29 is 9.84 Å². The van der Waals surface area contributed by atoms with Crippen LogP contribution in [0.5, 0.6) is 0 Å². The normalized spacial score (nSPS) is 18.6. The maximum absolute atomic E-state index is 10.2. The second-order valence-corrected chi connectivity index (χ2v) is 5.29. The fourth-order valence-electron chi connectivity index (χ4n) is 2.43. The van der Waals surface area contributed by atoms with E-state index in [-0.39, 0.29) is 6.10 Å². The molecule has 3 heteroatoms. The lowest BCUT2D eigenvalue weighted by atomic mass is 9.91. The fourth-order valence-corrected chi connectivity index (χ4v) is 2.43. The fraction of sp³-hybridized carbons (Fsp3) is 0.600. The summed E-state index contributed by atoms with van der Waals surface area (Å²) in [6.45, 7) is 1.69. The molecular weight excluding hydrogens is 226 g/mol. The van der Waals surface area contributed by atoms with Crippen LogP contribution >= 0.6 is 0 Å². The highest BCUT2D eigenvalue weighted by atomic mass is 16.5. The summed E-state index contributed by atoms with van der Waals surface area (Å²) in [4.78, 5) is 2.06. The van der Waals surface area contributed by atoms with Gasteiger partial charge in [-0.15, -0.1) is 0 Å². The van der Waals surface area contributed by atoms with Gasteiger partial charge in [0, 0.05) is 33.0 Å². The summed E-state index contributed by atoms with van der Waals surface area (Å²) >= 11 is 0. The molecule has 3 nitrogen and oxygen atoms in total. The number of aliphatic hydroxyl groups is 1. The van der Waals surface area contributed by atoms with Crippen LogP contribution in [0.2, 0.25) is 0 Å². The van der Waals surface area contributed by atoms with E-state index in [4.69, 9.17) is 4.74 Å². The average Bonchev–Trinajstić information content (AvgIpc) is 2.40. The summed E-state index contributed by atoms with van der Waals surface area (Å²) in [6.07, 6.45) is 2.66. The molecule has 1 N–H and O–H groups in total. The molecule has 0 bridgehead atoms. The van der Waals surface area contributed by atoms with E-state index in [0.717, 1.165) is 43.7 Å². The molecule has 0 radical (unpaired) electrons. The van der Waals surface area contributed by atoms with Gasteiger partial charge in [0.2, 0.25) is 0 Å². The van der Waals surface area contributed by atoms with E-state index in [1.54, 1.807) is 0 Å². The SMILES string of the molecule is CN(C)c1ccc(C(O)CC2CCOCC2)cc1. The molecular formula is C15H23NO2. The highest BCUT2D eigenvalue weighted by molar-refractivity contribution is 5.46. The van der Waals surface area contributed by atoms with Crippen molar-refractivity contribution in [2.75, 3.05) is 32.2 Å². The smallest absolute Gasteiger partial charge is 0.0792 e. The van der Waals surface area contributed by atoms with E-state index in [9.17, 15) is 5.11 Å². The van der Waals surface area contributed by atoms with Gasteiger partial charge in [-0.25, -0.2) is 0 Å². The van der Waals surface area contributed by atoms with E-state index in [1.165, 1.54) is 0 Å². The van der Waals surface area contributed by atoms with Crippen molar-refractivity contribution in [1.82, 2.24) is 0 Å². The first-order chi connectivity index (χ1) is 8.66. The minimum absolute atomic E-state index is 0.343.